The van der Waals surface area contributed by atoms with Crippen LogP contribution in [0.15, 0.2) is 34.7 Å². The fourth-order valence-electron chi connectivity index (χ4n) is 2.56. The van der Waals surface area contributed by atoms with Crippen LogP contribution in [0.4, 0.5) is 10.5 Å². The number of nitrogens with zero attached hydrogens (tertiary/aromatic N) is 1. The SMILES string of the molecule is CCOC(=O)n1c(C(=O)c2ccc(C)o2)c(N)c2ccc(Cl)cc21. The van der Waals surface area contributed by atoms with Gasteiger partial charge < -0.3 is 14.9 Å². The number of nitrogens with two attached hydrogens (primary N) is 1. The predicted molar refractivity (Wildman–Crippen MR) is 90.7 cm³/mol. The van der Waals surface area contributed by atoms with Gasteiger partial charge in [-0.15, -0.1) is 0 Å². The first-order chi connectivity index (χ1) is 11.4. The van der Waals surface area contributed by atoms with Crippen molar-refractivity contribution in [3.8, 4) is 0 Å². The first-order valence-corrected chi connectivity index (χ1v) is 7.69. The number of benzene rings is 1. The largest absolute Gasteiger partial charge is 0.458 e. The molecule has 0 saturated heterocycles. The monoisotopic (exact) mass is 346 g/mol. The molecule has 24 heavy (non-hydrogen) atoms. The smallest absolute Gasteiger partial charge is 0.419 e. The van der Waals surface area contributed by atoms with Gasteiger partial charge in [0.15, 0.2) is 5.76 Å². The van der Waals surface area contributed by atoms with Gasteiger partial charge in [0.25, 0.3) is 0 Å². The number of fused-ring (bicyclic) bond motifs is 1. The lowest BCUT2D eigenvalue weighted by molar-refractivity contribution is 0.0995. The number of nitrogen functional groups attached to an aromatic ring is 1. The predicted octanol–water partition coefficient (Wildman–Crippen LogP) is 4.01. The Morgan fingerprint density at radius 1 is 1.29 bits per heavy atom. The number of hydrogen-bond donors (Lipinski definition) is 1. The zero-order valence-corrected chi connectivity index (χ0v) is 13.9. The van der Waals surface area contributed by atoms with Crippen molar-refractivity contribution >= 4 is 40.1 Å². The summed E-state index contributed by atoms with van der Waals surface area (Å²) < 4.78 is 11.6. The minimum atomic E-state index is -0.701. The second kappa shape index (κ2) is 6.05. The first kappa shape index (κ1) is 16.1. The molecule has 0 radical (unpaired) electrons. The number of aryl methyl sites for hydroxylation is 1. The van der Waals surface area contributed by atoms with E-state index in [0.717, 1.165) is 4.57 Å². The highest BCUT2D eigenvalue weighted by atomic mass is 35.5. The Kier molecular flexibility index (Phi) is 4.07. The van der Waals surface area contributed by atoms with E-state index in [9.17, 15) is 9.59 Å². The fraction of sp³-hybridized carbons (Fsp3) is 0.176. The Labute approximate surface area is 142 Å². The van der Waals surface area contributed by atoms with Gasteiger partial charge in [0.05, 0.1) is 17.8 Å². The summed E-state index contributed by atoms with van der Waals surface area (Å²) in [5.41, 5.74) is 6.72. The average molecular weight is 347 g/mol. The molecular formula is C17H15ClN2O4. The summed E-state index contributed by atoms with van der Waals surface area (Å²) in [6, 6.07) is 8.07. The number of ketones is 1. The van der Waals surface area contributed by atoms with Crippen LogP contribution >= 0.6 is 11.6 Å². The van der Waals surface area contributed by atoms with Crippen LogP contribution in [0.2, 0.25) is 5.02 Å². The van der Waals surface area contributed by atoms with Gasteiger partial charge in [0.2, 0.25) is 5.78 Å². The van der Waals surface area contributed by atoms with E-state index < -0.39 is 11.9 Å². The third-order valence-electron chi connectivity index (χ3n) is 3.60. The molecule has 0 unspecified atom stereocenters. The molecule has 0 saturated carbocycles. The standard InChI is InChI=1S/C17H15ClN2O4/c1-3-23-17(22)20-12-8-10(18)5-6-11(12)14(19)15(20)16(21)13-7-4-9(2)24-13/h4-8H,3,19H2,1-2H3. The molecule has 2 heterocycles. The number of rotatable bonds is 3. The molecule has 0 aliphatic rings. The third kappa shape index (κ3) is 2.55. The summed E-state index contributed by atoms with van der Waals surface area (Å²) in [6.07, 6.45) is -0.701. The highest BCUT2D eigenvalue weighted by Gasteiger charge is 2.28. The summed E-state index contributed by atoms with van der Waals surface area (Å²) in [5.74, 6) is 0.179. The van der Waals surface area contributed by atoms with Crippen molar-refractivity contribution in [1.82, 2.24) is 4.57 Å². The van der Waals surface area contributed by atoms with Gasteiger partial charge in [-0.25, -0.2) is 9.36 Å². The fourth-order valence-corrected chi connectivity index (χ4v) is 2.73. The van der Waals surface area contributed by atoms with Crippen LogP contribution in [-0.2, 0) is 4.74 Å². The molecule has 2 N–H and O–H groups in total. The van der Waals surface area contributed by atoms with E-state index in [0.29, 0.717) is 21.7 Å². The summed E-state index contributed by atoms with van der Waals surface area (Å²) in [4.78, 5) is 25.2. The van der Waals surface area contributed by atoms with Gasteiger partial charge in [-0.05, 0) is 44.2 Å². The molecule has 0 aliphatic carbocycles. The van der Waals surface area contributed by atoms with E-state index in [1.54, 1.807) is 38.1 Å². The molecule has 0 amide bonds. The molecule has 3 aromatic rings. The number of ether oxygens (including phenoxy) is 1. The summed E-state index contributed by atoms with van der Waals surface area (Å²) in [6.45, 7) is 3.56. The summed E-state index contributed by atoms with van der Waals surface area (Å²) in [7, 11) is 0. The van der Waals surface area contributed by atoms with Crippen molar-refractivity contribution in [2.24, 2.45) is 0 Å². The van der Waals surface area contributed by atoms with E-state index in [4.69, 9.17) is 26.5 Å². The van der Waals surface area contributed by atoms with Crippen LogP contribution in [0.3, 0.4) is 0 Å². The quantitative estimate of drug-likeness (QED) is 0.724. The summed E-state index contributed by atoms with van der Waals surface area (Å²) >= 11 is 6.02. The zero-order valence-electron chi connectivity index (χ0n) is 13.1. The number of furan rings is 1. The lowest BCUT2D eigenvalue weighted by Gasteiger charge is -2.08. The highest BCUT2D eigenvalue weighted by molar-refractivity contribution is 6.31. The maximum Gasteiger partial charge on any atom is 0.419 e. The normalized spacial score (nSPS) is 11.0. The van der Waals surface area contributed by atoms with Crippen LogP contribution in [0, 0.1) is 6.92 Å². The highest BCUT2D eigenvalue weighted by Crippen LogP contribution is 2.32. The lowest BCUT2D eigenvalue weighted by Crippen LogP contribution is -2.20. The Balaban J connectivity index is 2.29. The Morgan fingerprint density at radius 2 is 2.04 bits per heavy atom. The van der Waals surface area contributed by atoms with E-state index in [1.807, 2.05) is 0 Å². The molecule has 6 nitrogen and oxygen atoms in total. The molecule has 0 fully saturated rings. The molecule has 124 valence electrons. The van der Waals surface area contributed by atoms with E-state index in [2.05, 4.69) is 0 Å². The van der Waals surface area contributed by atoms with Crippen molar-refractivity contribution in [3.63, 3.8) is 0 Å². The molecule has 0 spiro atoms. The maximum absolute atomic E-state index is 12.8. The molecule has 0 atom stereocenters. The molecule has 2 aromatic heterocycles. The molecule has 0 aliphatic heterocycles. The van der Waals surface area contributed by atoms with Crippen molar-refractivity contribution < 1.29 is 18.7 Å². The molecule has 7 heteroatoms. The zero-order chi connectivity index (χ0) is 17.4. The molecule has 0 bridgehead atoms. The average Bonchev–Trinajstić information content (AvgIpc) is 3.08. The molecular weight excluding hydrogens is 332 g/mol. The first-order valence-electron chi connectivity index (χ1n) is 7.31. The van der Waals surface area contributed by atoms with Crippen LogP contribution in [0.1, 0.15) is 28.9 Å². The van der Waals surface area contributed by atoms with Crippen LogP contribution in [0.5, 0.6) is 0 Å². The lowest BCUT2D eigenvalue weighted by atomic mass is 10.1. The van der Waals surface area contributed by atoms with Crippen molar-refractivity contribution in [2.75, 3.05) is 12.3 Å². The van der Waals surface area contributed by atoms with Gasteiger partial charge in [0, 0.05) is 10.4 Å². The van der Waals surface area contributed by atoms with Crippen LogP contribution < -0.4 is 5.73 Å². The van der Waals surface area contributed by atoms with Gasteiger partial charge in [-0.2, -0.15) is 0 Å². The van der Waals surface area contributed by atoms with Crippen molar-refractivity contribution in [3.05, 3.63) is 52.6 Å². The maximum atomic E-state index is 12.8. The van der Waals surface area contributed by atoms with E-state index in [1.165, 1.54) is 6.07 Å². The van der Waals surface area contributed by atoms with E-state index >= 15 is 0 Å². The number of anilines is 1. The van der Waals surface area contributed by atoms with Crippen LogP contribution in [0.25, 0.3) is 10.9 Å². The second-order valence-electron chi connectivity index (χ2n) is 5.20. The van der Waals surface area contributed by atoms with Gasteiger partial charge in [-0.3, -0.25) is 4.79 Å². The topological polar surface area (TPSA) is 87.5 Å². The summed E-state index contributed by atoms with van der Waals surface area (Å²) in [5, 5.41) is 0.956. The van der Waals surface area contributed by atoms with Crippen molar-refractivity contribution in [2.45, 2.75) is 13.8 Å². The third-order valence-corrected chi connectivity index (χ3v) is 3.83. The Bertz CT molecular complexity index is 955. The second-order valence-corrected chi connectivity index (χ2v) is 5.63. The Morgan fingerprint density at radius 3 is 2.67 bits per heavy atom. The van der Waals surface area contributed by atoms with Crippen LogP contribution in [-0.4, -0.2) is 23.1 Å². The molecule has 3 rings (SSSR count). The number of hydrogen-bond acceptors (Lipinski definition) is 5. The van der Waals surface area contributed by atoms with Gasteiger partial charge >= 0.3 is 6.09 Å². The van der Waals surface area contributed by atoms with E-state index in [-0.39, 0.29) is 23.7 Å². The molecule has 1 aromatic carbocycles. The van der Waals surface area contributed by atoms with Gasteiger partial charge in [0.1, 0.15) is 11.5 Å². The number of aromatic nitrogens is 1. The number of carbonyl (C=O) groups is 2. The number of carbonyl (C=O) groups excluding carboxylic acids is 2. The van der Waals surface area contributed by atoms with Crippen molar-refractivity contribution in [1.29, 1.82) is 0 Å². The van der Waals surface area contributed by atoms with Gasteiger partial charge in [-0.1, -0.05) is 11.6 Å². The minimum Gasteiger partial charge on any atom is -0.458 e. The minimum absolute atomic E-state index is 0.0000617. The Hall–Kier alpha value is -2.73. The number of halogens is 1.